The number of fused-ring (bicyclic) bond motifs is 1. The Morgan fingerprint density at radius 2 is 1.95 bits per heavy atom. The lowest BCUT2D eigenvalue weighted by Gasteiger charge is -2.38. The summed E-state index contributed by atoms with van der Waals surface area (Å²) >= 11 is 0. The topological polar surface area (TPSA) is 38.7 Å². The number of benzene rings is 2. The van der Waals surface area contributed by atoms with Gasteiger partial charge in [0.1, 0.15) is 6.10 Å². The molecule has 1 N–H and O–H groups in total. The second kappa shape index (κ2) is 6.78. The van der Waals surface area contributed by atoms with Crippen LogP contribution in [0.3, 0.4) is 0 Å². The Bertz CT molecular complexity index is 620. The molecule has 0 radical (unpaired) electrons. The monoisotopic (exact) mass is 300 g/mol. The molecule has 1 aliphatic rings. The third-order valence-electron chi connectivity index (χ3n) is 4.70. The molecule has 0 aliphatic carbocycles. The SMILES string of the molecule is CO[C@@H]1[C@H](O)[C@H](CCc2cccc3ccccc23)OC[C@@H]1C. The van der Waals surface area contributed by atoms with Crippen molar-refractivity contribution in [2.75, 3.05) is 13.7 Å². The summed E-state index contributed by atoms with van der Waals surface area (Å²) in [6.07, 6.45) is 0.866. The zero-order chi connectivity index (χ0) is 15.5. The van der Waals surface area contributed by atoms with Gasteiger partial charge < -0.3 is 14.6 Å². The molecule has 22 heavy (non-hydrogen) atoms. The molecule has 1 fully saturated rings. The predicted molar refractivity (Wildman–Crippen MR) is 88.0 cm³/mol. The molecule has 1 aliphatic heterocycles. The Labute approximate surface area is 131 Å². The Morgan fingerprint density at radius 3 is 2.77 bits per heavy atom. The molecule has 3 nitrogen and oxygen atoms in total. The van der Waals surface area contributed by atoms with Crippen LogP contribution < -0.4 is 0 Å². The largest absolute Gasteiger partial charge is 0.388 e. The summed E-state index contributed by atoms with van der Waals surface area (Å²) in [6.45, 7) is 2.70. The lowest BCUT2D eigenvalue weighted by atomic mass is 9.90. The van der Waals surface area contributed by atoms with Gasteiger partial charge in [0, 0.05) is 13.0 Å². The van der Waals surface area contributed by atoms with Crippen LogP contribution in [0.4, 0.5) is 0 Å². The van der Waals surface area contributed by atoms with E-state index in [1.54, 1.807) is 7.11 Å². The summed E-state index contributed by atoms with van der Waals surface area (Å²) in [6, 6.07) is 14.8. The minimum atomic E-state index is -0.552. The molecule has 0 spiro atoms. The van der Waals surface area contributed by atoms with Gasteiger partial charge in [-0.25, -0.2) is 0 Å². The molecule has 3 heteroatoms. The van der Waals surface area contributed by atoms with Crippen LogP contribution in [0.2, 0.25) is 0 Å². The predicted octanol–water partition coefficient (Wildman–Crippen LogP) is 3.18. The fourth-order valence-electron chi connectivity index (χ4n) is 3.45. The lowest BCUT2D eigenvalue weighted by molar-refractivity contribution is -0.171. The molecule has 118 valence electrons. The molecule has 4 atom stereocenters. The van der Waals surface area contributed by atoms with Crippen LogP contribution in [0.1, 0.15) is 18.9 Å². The molecule has 2 aromatic carbocycles. The molecule has 0 saturated carbocycles. The highest BCUT2D eigenvalue weighted by Gasteiger charge is 2.37. The molecule has 2 aromatic rings. The van der Waals surface area contributed by atoms with Crippen molar-refractivity contribution in [1.29, 1.82) is 0 Å². The maximum Gasteiger partial charge on any atom is 0.107 e. The summed E-state index contributed by atoms with van der Waals surface area (Å²) in [7, 11) is 1.66. The molecular formula is C19H24O3. The van der Waals surface area contributed by atoms with Crippen LogP contribution in [0, 0.1) is 5.92 Å². The van der Waals surface area contributed by atoms with Crippen molar-refractivity contribution in [1.82, 2.24) is 0 Å². The van der Waals surface area contributed by atoms with Crippen LogP contribution in [-0.2, 0) is 15.9 Å². The first kappa shape index (κ1) is 15.5. The fourth-order valence-corrected chi connectivity index (χ4v) is 3.45. The summed E-state index contributed by atoms with van der Waals surface area (Å²) in [5.41, 5.74) is 1.31. The summed E-state index contributed by atoms with van der Waals surface area (Å²) in [5.74, 6) is 0.230. The molecule has 0 amide bonds. The number of rotatable bonds is 4. The van der Waals surface area contributed by atoms with Crippen molar-refractivity contribution in [3.63, 3.8) is 0 Å². The van der Waals surface area contributed by atoms with Gasteiger partial charge in [0.05, 0.1) is 18.8 Å². The zero-order valence-corrected chi connectivity index (χ0v) is 13.2. The number of aliphatic hydroxyl groups excluding tert-OH is 1. The Morgan fingerprint density at radius 1 is 1.18 bits per heavy atom. The second-order valence-electron chi connectivity index (χ2n) is 6.22. The van der Waals surface area contributed by atoms with Crippen LogP contribution in [0.25, 0.3) is 10.8 Å². The van der Waals surface area contributed by atoms with Crippen molar-refractivity contribution >= 4 is 10.8 Å². The molecular weight excluding hydrogens is 276 g/mol. The van der Waals surface area contributed by atoms with Gasteiger partial charge in [0.2, 0.25) is 0 Å². The number of ether oxygens (including phenoxy) is 2. The number of aliphatic hydroxyl groups is 1. The molecule has 1 saturated heterocycles. The summed E-state index contributed by atoms with van der Waals surface area (Å²) in [4.78, 5) is 0. The highest BCUT2D eigenvalue weighted by molar-refractivity contribution is 5.85. The van der Waals surface area contributed by atoms with Crippen LogP contribution in [-0.4, -0.2) is 37.1 Å². The minimum absolute atomic E-state index is 0.133. The van der Waals surface area contributed by atoms with E-state index >= 15 is 0 Å². The van der Waals surface area contributed by atoms with E-state index in [0.717, 1.165) is 12.8 Å². The first-order valence-electron chi connectivity index (χ1n) is 8.00. The summed E-state index contributed by atoms with van der Waals surface area (Å²) < 4.78 is 11.3. The number of hydrogen-bond acceptors (Lipinski definition) is 3. The third-order valence-corrected chi connectivity index (χ3v) is 4.70. The zero-order valence-electron chi connectivity index (χ0n) is 13.2. The maximum absolute atomic E-state index is 10.4. The third kappa shape index (κ3) is 3.02. The molecule has 0 bridgehead atoms. The first-order valence-corrected chi connectivity index (χ1v) is 8.00. The number of aryl methyl sites for hydroxylation is 1. The maximum atomic E-state index is 10.4. The van der Waals surface area contributed by atoms with Crippen LogP contribution >= 0.6 is 0 Å². The van der Waals surface area contributed by atoms with E-state index in [1.807, 2.05) is 0 Å². The Kier molecular flexibility index (Phi) is 4.77. The van der Waals surface area contributed by atoms with Gasteiger partial charge in [-0.2, -0.15) is 0 Å². The second-order valence-corrected chi connectivity index (χ2v) is 6.22. The normalized spacial score (nSPS) is 28.9. The van der Waals surface area contributed by atoms with Gasteiger partial charge in [-0.3, -0.25) is 0 Å². The Balaban J connectivity index is 1.71. The van der Waals surface area contributed by atoms with Crippen molar-refractivity contribution < 1.29 is 14.6 Å². The number of methoxy groups -OCH3 is 1. The van der Waals surface area contributed by atoms with Crippen LogP contribution in [0.5, 0.6) is 0 Å². The molecule has 3 rings (SSSR count). The smallest absolute Gasteiger partial charge is 0.107 e. The van der Waals surface area contributed by atoms with Gasteiger partial charge in [0.25, 0.3) is 0 Å². The highest BCUT2D eigenvalue weighted by Crippen LogP contribution is 2.26. The van der Waals surface area contributed by atoms with E-state index in [4.69, 9.17) is 9.47 Å². The van der Waals surface area contributed by atoms with Crippen molar-refractivity contribution in [2.24, 2.45) is 5.92 Å². The van der Waals surface area contributed by atoms with Crippen molar-refractivity contribution in [3.05, 3.63) is 48.0 Å². The fraction of sp³-hybridized carbons (Fsp3) is 0.474. The quantitative estimate of drug-likeness (QED) is 0.942. The van der Waals surface area contributed by atoms with Crippen molar-refractivity contribution in [2.45, 2.75) is 38.1 Å². The average molecular weight is 300 g/mol. The van der Waals surface area contributed by atoms with E-state index in [2.05, 4.69) is 49.4 Å². The Hall–Kier alpha value is -1.42. The van der Waals surface area contributed by atoms with Gasteiger partial charge >= 0.3 is 0 Å². The van der Waals surface area contributed by atoms with Gasteiger partial charge in [-0.05, 0) is 29.2 Å². The van der Waals surface area contributed by atoms with E-state index in [9.17, 15) is 5.11 Å². The van der Waals surface area contributed by atoms with Gasteiger partial charge in [0.15, 0.2) is 0 Å². The van der Waals surface area contributed by atoms with E-state index in [1.165, 1.54) is 16.3 Å². The molecule has 1 heterocycles. The van der Waals surface area contributed by atoms with Gasteiger partial charge in [-0.1, -0.05) is 49.4 Å². The van der Waals surface area contributed by atoms with E-state index in [-0.39, 0.29) is 18.1 Å². The standard InChI is InChI=1S/C19H24O3/c1-13-12-22-17(18(20)19(13)21-2)11-10-15-8-5-7-14-6-3-4-9-16(14)15/h3-9,13,17-20H,10-12H2,1-2H3/t13-,17-,18+,19-/m0/s1. The van der Waals surface area contributed by atoms with E-state index in [0.29, 0.717) is 6.61 Å². The molecule has 0 aromatic heterocycles. The average Bonchev–Trinajstić information content (AvgIpc) is 2.54. The first-order chi connectivity index (χ1) is 10.7. The van der Waals surface area contributed by atoms with Crippen molar-refractivity contribution in [3.8, 4) is 0 Å². The minimum Gasteiger partial charge on any atom is -0.388 e. The van der Waals surface area contributed by atoms with Gasteiger partial charge in [-0.15, -0.1) is 0 Å². The lowest BCUT2D eigenvalue weighted by Crippen LogP contribution is -2.50. The number of hydrogen-bond donors (Lipinski definition) is 1. The van der Waals surface area contributed by atoms with E-state index < -0.39 is 6.10 Å². The summed E-state index contributed by atoms with van der Waals surface area (Å²) in [5, 5.41) is 13.0. The van der Waals surface area contributed by atoms with Crippen LogP contribution in [0.15, 0.2) is 42.5 Å². The highest BCUT2D eigenvalue weighted by atomic mass is 16.5. The molecule has 0 unspecified atom stereocenters.